The molecule has 2 nitrogen and oxygen atoms in total. The molecule has 0 unspecified atom stereocenters. The van der Waals surface area contributed by atoms with Crippen molar-refractivity contribution in [3.05, 3.63) is 41.5 Å². The monoisotopic (exact) mass is 277 g/mol. The maximum absolute atomic E-state index is 12.0. The molecule has 1 amide bonds. The number of hydrogen-bond acceptors (Lipinski definition) is 2. The molecule has 104 valence electrons. The van der Waals surface area contributed by atoms with Crippen LogP contribution in [-0.2, 0) is 4.79 Å². The molecule has 19 heavy (non-hydrogen) atoms. The van der Waals surface area contributed by atoms with E-state index in [1.165, 1.54) is 5.56 Å². The van der Waals surface area contributed by atoms with Gasteiger partial charge in [0.1, 0.15) is 0 Å². The average Bonchev–Trinajstić information content (AvgIpc) is 2.43. The quantitative estimate of drug-likeness (QED) is 0.560. The highest BCUT2D eigenvalue weighted by atomic mass is 32.2. The van der Waals surface area contributed by atoms with Gasteiger partial charge in [-0.15, -0.1) is 0 Å². The lowest BCUT2D eigenvalue weighted by atomic mass is 10.1. The Morgan fingerprint density at radius 2 is 2.00 bits per heavy atom. The molecule has 0 N–H and O–H groups in total. The third-order valence-corrected chi connectivity index (χ3v) is 3.66. The maximum atomic E-state index is 12.0. The summed E-state index contributed by atoms with van der Waals surface area (Å²) in [5.74, 6) is 1.20. The largest absolute Gasteiger partial charge is 0.339 e. The second-order valence-electron chi connectivity index (χ2n) is 4.51. The number of carbonyl (C=O) groups is 1. The first-order valence-corrected chi connectivity index (χ1v) is 8.09. The first-order chi connectivity index (χ1) is 9.17. The summed E-state index contributed by atoms with van der Waals surface area (Å²) in [6.07, 6.45) is 6.71. The van der Waals surface area contributed by atoms with Crippen LogP contribution in [0.15, 0.2) is 30.3 Å². The van der Waals surface area contributed by atoms with Crippen LogP contribution < -0.4 is 0 Å². The molecule has 1 aromatic carbocycles. The Morgan fingerprint density at radius 3 is 2.58 bits per heavy atom. The van der Waals surface area contributed by atoms with Gasteiger partial charge >= 0.3 is 0 Å². The zero-order chi connectivity index (χ0) is 14.1. The Bertz CT molecular complexity index is 411. The van der Waals surface area contributed by atoms with Crippen molar-refractivity contribution in [2.24, 2.45) is 0 Å². The molecule has 0 atom stereocenters. The number of hydrogen-bond donors (Lipinski definition) is 0. The molecule has 1 rings (SSSR count). The van der Waals surface area contributed by atoms with E-state index < -0.39 is 0 Å². The van der Waals surface area contributed by atoms with Gasteiger partial charge in [-0.1, -0.05) is 29.8 Å². The van der Waals surface area contributed by atoms with Crippen molar-refractivity contribution in [1.29, 1.82) is 0 Å². The fourth-order valence-corrected chi connectivity index (χ4v) is 2.19. The highest BCUT2D eigenvalue weighted by Crippen LogP contribution is 2.06. The van der Waals surface area contributed by atoms with Crippen LogP contribution in [0.4, 0.5) is 0 Å². The number of aryl methyl sites for hydroxylation is 1. The van der Waals surface area contributed by atoms with Crippen LogP contribution in [0.3, 0.4) is 0 Å². The van der Waals surface area contributed by atoms with Crippen LogP contribution in [0.2, 0.25) is 0 Å². The Morgan fingerprint density at radius 1 is 1.32 bits per heavy atom. The van der Waals surface area contributed by atoms with Gasteiger partial charge < -0.3 is 4.90 Å². The number of carbonyl (C=O) groups excluding carboxylic acids is 1. The minimum atomic E-state index is 0.101. The van der Waals surface area contributed by atoms with Crippen LogP contribution >= 0.6 is 11.8 Å². The lowest BCUT2D eigenvalue weighted by Gasteiger charge is -2.18. The highest BCUT2D eigenvalue weighted by molar-refractivity contribution is 7.98. The minimum absolute atomic E-state index is 0.101. The predicted octanol–water partition coefficient (Wildman–Crippen LogP) is 3.61. The van der Waals surface area contributed by atoms with Crippen molar-refractivity contribution in [2.75, 3.05) is 25.1 Å². The number of thioether (sulfide) groups is 1. The lowest BCUT2D eigenvalue weighted by Crippen LogP contribution is -2.30. The molecular formula is C16H23NOS. The van der Waals surface area contributed by atoms with E-state index in [0.29, 0.717) is 0 Å². The number of amides is 1. The zero-order valence-electron chi connectivity index (χ0n) is 12.1. The molecule has 3 heteroatoms. The van der Waals surface area contributed by atoms with Crippen LogP contribution in [0.5, 0.6) is 0 Å². The van der Waals surface area contributed by atoms with Gasteiger partial charge in [-0.25, -0.2) is 0 Å². The fraction of sp³-hybridized carbons (Fsp3) is 0.438. The molecule has 0 aromatic heterocycles. The van der Waals surface area contributed by atoms with Crippen molar-refractivity contribution in [2.45, 2.75) is 20.3 Å². The van der Waals surface area contributed by atoms with Gasteiger partial charge in [0.05, 0.1) is 0 Å². The van der Waals surface area contributed by atoms with E-state index >= 15 is 0 Å². The van der Waals surface area contributed by atoms with Gasteiger partial charge in [0.25, 0.3) is 0 Å². The van der Waals surface area contributed by atoms with Gasteiger partial charge in [0.2, 0.25) is 5.91 Å². The molecule has 0 aliphatic heterocycles. The number of benzene rings is 1. The summed E-state index contributed by atoms with van der Waals surface area (Å²) in [4.78, 5) is 13.9. The Kier molecular flexibility index (Phi) is 7.34. The van der Waals surface area contributed by atoms with Gasteiger partial charge in [0.15, 0.2) is 0 Å². The van der Waals surface area contributed by atoms with Crippen molar-refractivity contribution in [3.8, 4) is 0 Å². The van der Waals surface area contributed by atoms with Crippen LogP contribution in [0, 0.1) is 6.92 Å². The topological polar surface area (TPSA) is 20.3 Å². The second kappa shape index (κ2) is 8.81. The van der Waals surface area contributed by atoms with Crippen LogP contribution in [0.25, 0.3) is 6.08 Å². The molecule has 0 radical (unpaired) electrons. The zero-order valence-corrected chi connectivity index (χ0v) is 12.9. The summed E-state index contributed by atoms with van der Waals surface area (Å²) in [5, 5.41) is 0. The Balaban J connectivity index is 2.53. The van der Waals surface area contributed by atoms with Crippen molar-refractivity contribution < 1.29 is 4.79 Å². The maximum Gasteiger partial charge on any atom is 0.246 e. The summed E-state index contributed by atoms with van der Waals surface area (Å²) in [6.45, 7) is 5.69. The van der Waals surface area contributed by atoms with Crippen LogP contribution in [0.1, 0.15) is 24.5 Å². The third-order valence-electron chi connectivity index (χ3n) is 2.97. The van der Waals surface area contributed by atoms with E-state index in [1.54, 1.807) is 6.08 Å². The van der Waals surface area contributed by atoms with E-state index in [1.807, 2.05) is 41.8 Å². The smallest absolute Gasteiger partial charge is 0.246 e. The van der Waals surface area contributed by atoms with E-state index in [-0.39, 0.29) is 5.91 Å². The minimum Gasteiger partial charge on any atom is -0.339 e. The molecular weight excluding hydrogens is 254 g/mol. The molecule has 0 saturated heterocycles. The van der Waals surface area contributed by atoms with Crippen LogP contribution in [-0.4, -0.2) is 35.9 Å². The first kappa shape index (κ1) is 15.8. The number of likely N-dealkylation sites (N-methyl/N-ethyl adjacent to an activating group) is 1. The third kappa shape index (κ3) is 5.97. The highest BCUT2D eigenvalue weighted by Gasteiger charge is 2.07. The lowest BCUT2D eigenvalue weighted by molar-refractivity contribution is -0.125. The van der Waals surface area contributed by atoms with E-state index in [4.69, 9.17) is 0 Å². The predicted molar refractivity (Wildman–Crippen MR) is 85.5 cm³/mol. The van der Waals surface area contributed by atoms with Crippen molar-refractivity contribution in [3.63, 3.8) is 0 Å². The van der Waals surface area contributed by atoms with Gasteiger partial charge in [-0.3, -0.25) is 4.79 Å². The molecule has 0 fully saturated rings. The van der Waals surface area contributed by atoms with Gasteiger partial charge in [-0.2, -0.15) is 11.8 Å². The summed E-state index contributed by atoms with van der Waals surface area (Å²) < 4.78 is 0. The normalized spacial score (nSPS) is 10.9. The number of rotatable bonds is 7. The van der Waals surface area contributed by atoms with E-state index in [9.17, 15) is 4.79 Å². The first-order valence-electron chi connectivity index (χ1n) is 6.70. The molecule has 0 aliphatic carbocycles. The SMILES string of the molecule is CCN(CCCSC)C(=O)/C=C/c1ccc(C)cc1. The standard InChI is InChI=1S/C16H23NOS/c1-4-17(12-5-13-19-3)16(18)11-10-15-8-6-14(2)7-9-15/h6-11H,4-5,12-13H2,1-3H3/b11-10+. The van der Waals surface area contributed by atoms with E-state index in [0.717, 1.165) is 30.8 Å². The molecule has 1 aromatic rings. The summed E-state index contributed by atoms with van der Waals surface area (Å²) in [5.41, 5.74) is 2.30. The molecule has 0 spiro atoms. The average molecular weight is 277 g/mol. The van der Waals surface area contributed by atoms with Gasteiger partial charge in [0, 0.05) is 19.2 Å². The molecule has 0 bridgehead atoms. The van der Waals surface area contributed by atoms with E-state index in [2.05, 4.69) is 25.3 Å². The Hall–Kier alpha value is -1.22. The molecule has 0 heterocycles. The van der Waals surface area contributed by atoms with Crippen molar-refractivity contribution >= 4 is 23.7 Å². The summed E-state index contributed by atoms with van der Waals surface area (Å²) in [6, 6.07) is 8.17. The van der Waals surface area contributed by atoms with Crippen molar-refractivity contribution in [1.82, 2.24) is 4.90 Å². The second-order valence-corrected chi connectivity index (χ2v) is 5.49. The summed E-state index contributed by atoms with van der Waals surface area (Å²) in [7, 11) is 0. The van der Waals surface area contributed by atoms with Gasteiger partial charge in [-0.05, 0) is 43.9 Å². The fourth-order valence-electron chi connectivity index (χ4n) is 1.77. The molecule has 0 aliphatic rings. The Labute approximate surface area is 120 Å². The number of nitrogens with zero attached hydrogens (tertiary/aromatic N) is 1. The summed E-state index contributed by atoms with van der Waals surface area (Å²) >= 11 is 1.82. The molecule has 0 saturated carbocycles.